The van der Waals surface area contributed by atoms with Gasteiger partial charge in [-0.15, -0.1) is 6.58 Å². The molecule has 1 heterocycles. The van der Waals surface area contributed by atoms with Crippen molar-refractivity contribution in [3.05, 3.63) is 25.0 Å². The summed E-state index contributed by atoms with van der Waals surface area (Å²) in [6, 6.07) is 0. The molecule has 0 saturated carbocycles. The van der Waals surface area contributed by atoms with Gasteiger partial charge in [0.2, 0.25) is 0 Å². The van der Waals surface area contributed by atoms with Crippen molar-refractivity contribution in [3.63, 3.8) is 0 Å². The molecule has 0 saturated heterocycles. The predicted molar refractivity (Wildman–Crippen MR) is 51.9 cm³/mol. The van der Waals surface area contributed by atoms with Crippen molar-refractivity contribution in [3.8, 4) is 5.75 Å². The minimum Gasteiger partial charge on any atom is -0.480 e. The molecule has 0 aliphatic rings. The Labute approximate surface area is 82.4 Å². The van der Waals surface area contributed by atoms with Gasteiger partial charge in [0, 0.05) is 13.6 Å². The number of carbonyl (C=O) groups excluding carboxylic acids is 1. The van der Waals surface area contributed by atoms with Crippen LogP contribution in [-0.4, -0.2) is 28.8 Å². The van der Waals surface area contributed by atoms with E-state index in [2.05, 4.69) is 17.0 Å². The van der Waals surface area contributed by atoms with Crippen molar-refractivity contribution < 1.29 is 9.53 Å². The van der Waals surface area contributed by atoms with Crippen molar-refractivity contribution in [1.29, 1.82) is 0 Å². The topological polar surface area (TPSA) is 56.1 Å². The standard InChI is InChI=1S/C9H13N3O2/c1-3-4-10-9(13)7-14-8-5-11-12(2)6-8/h3,5-6H,1,4,7H2,2H3,(H,10,13). The quantitative estimate of drug-likeness (QED) is 0.678. The Morgan fingerprint density at radius 3 is 3.21 bits per heavy atom. The van der Waals surface area contributed by atoms with E-state index >= 15 is 0 Å². The lowest BCUT2D eigenvalue weighted by Crippen LogP contribution is -2.28. The SMILES string of the molecule is C=CCNC(=O)COc1cnn(C)c1. The van der Waals surface area contributed by atoms with E-state index < -0.39 is 0 Å². The predicted octanol–water partition coefficient (Wildman–Crippen LogP) is 0.101. The van der Waals surface area contributed by atoms with E-state index in [0.29, 0.717) is 12.3 Å². The highest BCUT2D eigenvalue weighted by Crippen LogP contribution is 2.05. The summed E-state index contributed by atoms with van der Waals surface area (Å²) in [4.78, 5) is 11.1. The Balaban J connectivity index is 2.26. The van der Waals surface area contributed by atoms with Gasteiger partial charge in [-0.1, -0.05) is 6.08 Å². The summed E-state index contributed by atoms with van der Waals surface area (Å²) in [5, 5.41) is 6.50. The molecule has 0 unspecified atom stereocenters. The van der Waals surface area contributed by atoms with E-state index in [1.54, 1.807) is 30.2 Å². The zero-order chi connectivity index (χ0) is 10.4. The first-order valence-corrected chi connectivity index (χ1v) is 4.21. The molecule has 1 N–H and O–H groups in total. The number of rotatable bonds is 5. The molecule has 1 rings (SSSR count). The van der Waals surface area contributed by atoms with Crippen molar-refractivity contribution in [2.75, 3.05) is 13.2 Å². The molecule has 0 fully saturated rings. The Morgan fingerprint density at radius 1 is 1.86 bits per heavy atom. The summed E-state index contributed by atoms with van der Waals surface area (Å²) in [5.74, 6) is 0.412. The van der Waals surface area contributed by atoms with Crippen molar-refractivity contribution >= 4 is 5.91 Å². The first-order valence-electron chi connectivity index (χ1n) is 4.21. The second-order valence-electron chi connectivity index (χ2n) is 2.73. The van der Waals surface area contributed by atoms with Crippen LogP contribution in [0.5, 0.6) is 5.75 Å². The summed E-state index contributed by atoms with van der Waals surface area (Å²) < 4.78 is 6.76. The molecule has 0 spiro atoms. The normalized spacial score (nSPS) is 9.50. The molecule has 1 aromatic rings. The van der Waals surface area contributed by atoms with Crippen LogP contribution in [0.15, 0.2) is 25.0 Å². The summed E-state index contributed by atoms with van der Waals surface area (Å²) in [6.45, 7) is 3.94. The van der Waals surface area contributed by atoms with Gasteiger partial charge in [-0.3, -0.25) is 9.48 Å². The molecule has 0 aromatic carbocycles. The lowest BCUT2D eigenvalue weighted by Gasteiger charge is -2.02. The van der Waals surface area contributed by atoms with E-state index in [4.69, 9.17) is 4.74 Å². The lowest BCUT2D eigenvalue weighted by molar-refractivity contribution is -0.122. The number of nitrogens with one attached hydrogen (secondary N) is 1. The highest BCUT2D eigenvalue weighted by Gasteiger charge is 2.01. The monoisotopic (exact) mass is 195 g/mol. The van der Waals surface area contributed by atoms with Gasteiger partial charge in [0.05, 0.1) is 12.4 Å². The molecule has 0 bridgehead atoms. The molecule has 76 valence electrons. The minimum atomic E-state index is -0.172. The first-order chi connectivity index (χ1) is 6.72. The van der Waals surface area contributed by atoms with Crippen molar-refractivity contribution in [2.45, 2.75) is 0 Å². The molecule has 0 aliphatic carbocycles. The number of nitrogens with zero attached hydrogens (tertiary/aromatic N) is 2. The van der Waals surface area contributed by atoms with Gasteiger partial charge >= 0.3 is 0 Å². The average Bonchev–Trinajstić information content (AvgIpc) is 2.58. The maximum atomic E-state index is 11.1. The molecule has 1 aromatic heterocycles. The highest BCUT2D eigenvalue weighted by atomic mass is 16.5. The van der Waals surface area contributed by atoms with Crippen LogP contribution < -0.4 is 10.1 Å². The summed E-state index contributed by atoms with van der Waals surface area (Å²) in [6.07, 6.45) is 4.86. The summed E-state index contributed by atoms with van der Waals surface area (Å²) in [5.41, 5.74) is 0. The molecule has 0 radical (unpaired) electrons. The van der Waals surface area contributed by atoms with Crippen LogP contribution in [0.2, 0.25) is 0 Å². The lowest BCUT2D eigenvalue weighted by atomic mass is 10.5. The van der Waals surface area contributed by atoms with E-state index in [-0.39, 0.29) is 12.5 Å². The third-order valence-electron chi connectivity index (χ3n) is 1.49. The Kier molecular flexibility index (Phi) is 3.72. The summed E-state index contributed by atoms with van der Waals surface area (Å²) in [7, 11) is 1.78. The van der Waals surface area contributed by atoms with Gasteiger partial charge in [-0.2, -0.15) is 5.10 Å². The third-order valence-corrected chi connectivity index (χ3v) is 1.49. The van der Waals surface area contributed by atoms with Crippen molar-refractivity contribution in [1.82, 2.24) is 15.1 Å². The fourth-order valence-electron chi connectivity index (χ4n) is 0.859. The van der Waals surface area contributed by atoms with E-state index in [1.165, 1.54) is 0 Å². The van der Waals surface area contributed by atoms with Crippen LogP contribution in [-0.2, 0) is 11.8 Å². The fourth-order valence-corrected chi connectivity index (χ4v) is 0.859. The van der Waals surface area contributed by atoms with Gasteiger partial charge in [-0.05, 0) is 0 Å². The Morgan fingerprint density at radius 2 is 2.64 bits per heavy atom. The maximum absolute atomic E-state index is 11.1. The number of hydrogen-bond acceptors (Lipinski definition) is 3. The number of carbonyl (C=O) groups is 1. The molecule has 0 atom stereocenters. The van der Waals surface area contributed by atoms with E-state index in [9.17, 15) is 4.79 Å². The molecule has 0 aliphatic heterocycles. The zero-order valence-electron chi connectivity index (χ0n) is 8.06. The van der Waals surface area contributed by atoms with Crippen LogP contribution in [0.4, 0.5) is 0 Å². The fraction of sp³-hybridized carbons (Fsp3) is 0.333. The average molecular weight is 195 g/mol. The largest absolute Gasteiger partial charge is 0.480 e. The summed E-state index contributed by atoms with van der Waals surface area (Å²) >= 11 is 0. The van der Waals surface area contributed by atoms with Gasteiger partial charge in [0.25, 0.3) is 5.91 Å². The maximum Gasteiger partial charge on any atom is 0.258 e. The molecular formula is C9H13N3O2. The third kappa shape index (κ3) is 3.30. The molecule has 5 heteroatoms. The molecule has 1 amide bonds. The second kappa shape index (κ2) is 5.06. The van der Waals surface area contributed by atoms with E-state index in [1.807, 2.05) is 0 Å². The van der Waals surface area contributed by atoms with Gasteiger partial charge in [-0.25, -0.2) is 0 Å². The van der Waals surface area contributed by atoms with Crippen LogP contribution in [0.3, 0.4) is 0 Å². The Hall–Kier alpha value is -1.78. The van der Waals surface area contributed by atoms with E-state index in [0.717, 1.165) is 0 Å². The number of hydrogen-bond donors (Lipinski definition) is 1. The second-order valence-corrected chi connectivity index (χ2v) is 2.73. The van der Waals surface area contributed by atoms with Crippen molar-refractivity contribution in [2.24, 2.45) is 7.05 Å². The minimum absolute atomic E-state index is 0.000463. The number of aryl methyl sites for hydroxylation is 1. The number of ether oxygens (including phenoxy) is 1. The van der Waals surface area contributed by atoms with Crippen LogP contribution in [0, 0.1) is 0 Å². The smallest absolute Gasteiger partial charge is 0.258 e. The van der Waals surface area contributed by atoms with Gasteiger partial charge in [0.15, 0.2) is 12.4 Å². The number of aromatic nitrogens is 2. The van der Waals surface area contributed by atoms with Gasteiger partial charge < -0.3 is 10.1 Å². The van der Waals surface area contributed by atoms with Gasteiger partial charge in [0.1, 0.15) is 0 Å². The zero-order valence-corrected chi connectivity index (χ0v) is 8.06. The molecular weight excluding hydrogens is 182 g/mol. The molecule has 14 heavy (non-hydrogen) atoms. The first kappa shape index (κ1) is 10.3. The highest BCUT2D eigenvalue weighted by molar-refractivity contribution is 5.77. The molecule has 5 nitrogen and oxygen atoms in total. The van der Waals surface area contributed by atoms with Crippen LogP contribution in [0.25, 0.3) is 0 Å². The van der Waals surface area contributed by atoms with Crippen LogP contribution >= 0.6 is 0 Å². The number of amides is 1. The Bertz CT molecular complexity index is 320. The van der Waals surface area contributed by atoms with Crippen LogP contribution in [0.1, 0.15) is 0 Å².